The van der Waals surface area contributed by atoms with Crippen molar-refractivity contribution in [1.29, 1.82) is 0 Å². The smallest absolute Gasteiger partial charge is 0.198 e. The quantitative estimate of drug-likeness (QED) is 0.589. The molecule has 3 aromatic rings. The first-order valence-corrected chi connectivity index (χ1v) is 6.55. The minimum Gasteiger partial charge on any atom is -0.329 e. The highest BCUT2D eigenvalue weighted by Crippen LogP contribution is 2.16. The largest absolute Gasteiger partial charge is 0.329 e. The van der Waals surface area contributed by atoms with Gasteiger partial charge in [0.2, 0.25) is 0 Å². The first kappa shape index (κ1) is 12.5. The van der Waals surface area contributed by atoms with Crippen LogP contribution in [0.25, 0.3) is 11.3 Å². The number of benzene rings is 1. The van der Waals surface area contributed by atoms with Crippen LogP contribution in [0.1, 0.15) is 5.56 Å². The highest BCUT2D eigenvalue weighted by molar-refractivity contribution is 7.71. The maximum atomic E-state index is 5.27. The minimum absolute atomic E-state index is 0.564. The van der Waals surface area contributed by atoms with Gasteiger partial charge in [-0.25, -0.2) is 4.68 Å². The lowest BCUT2D eigenvalue weighted by Crippen LogP contribution is -1.88. The molecule has 98 valence electrons. The van der Waals surface area contributed by atoms with Crippen LogP contribution < -0.4 is 0 Å². The van der Waals surface area contributed by atoms with E-state index in [2.05, 4.69) is 15.1 Å². The Morgan fingerprint density at radius 1 is 1.10 bits per heavy atom. The van der Waals surface area contributed by atoms with Crippen molar-refractivity contribution in [3.8, 4) is 11.3 Å². The van der Waals surface area contributed by atoms with Gasteiger partial charge in [0, 0.05) is 12.4 Å². The average molecular weight is 280 g/mol. The first-order chi connectivity index (χ1) is 9.83. The Bertz CT molecular complexity index is 772. The number of pyridine rings is 1. The summed E-state index contributed by atoms with van der Waals surface area (Å²) in [5.41, 5.74) is 3.00. The Kier molecular flexibility index (Phi) is 3.52. The van der Waals surface area contributed by atoms with Crippen LogP contribution in [0.2, 0.25) is 0 Å². The van der Waals surface area contributed by atoms with Crippen molar-refractivity contribution in [2.45, 2.75) is 0 Å². The van der Waals surface area contributed by atoms with E-state index < -0.39 is 0 Å². The fourth-order valence-electron chi connectivity index (χ4n) is 1.81. The van der Waals surface area contributed by atoms with Gasteiger partial charge in [-0.05, 0) is 35.5 Å². The van der Waals surface area contributed by atoms with E-state index in [0.717, 1.165) is 16.8 Å². The Hall–Kier alpha value is -2.53. The number of rotatable bonds is 3. The third-order valence-electron chi connectivity index (χ3n) is 2.82. The van der Waals surface area contributed by atoms with Crippen molar-refractivity contribution < 1.29 is 0 Å². The van der Waals surface area contributed by atoms with Crippen molar-refractivity contribution >= 4 is 18.4 Å². The molecule has 0 fully saturated rings. The molecule has 1 aromatic carbocycles. The van der Waals surface area contributed by atoms with Gasteiger partial charge in [-0.3, -0.25) is 4.98 Å². The third kappa shape index (κ3) is 2.73. The molecule has 0 saturated heterocycles. The molecule has 0 radical (unpaired) electrons. The zero-order valence-corrected chi connectivity index (χ0v) is 11.4. The van der Waals surface area contributed by atoms with Crippen molar-refractivity contribution in [3.63, 3.8) is 0 Å². The summed E-state index contributed by atoms with van der Waals surface area (Å²) < 4.78 is 2.21. The Morgan fingerprint density at radius 2 is 1.85 bits per heavy atom. The van der Waals surface area contributed by atoms with Crippen LogP contribution in [0.4, 0.5) is 0 Å². The lowest BCUT2D eigenvalue weighted by molar-refractivity contribution is 0.864. The molecule has 3 rings (SSSR count). The van der Waals surface area contributed by atoms with Gasteiger partial charge in [0.1, 0.15) is 0 Å². The normalized spacial score (nSPS) is 11.0. The maximum Gasteiger partial charge on any atom is 0.198 e. The van der Waals surface area contributed by atoms with Crippen LogP contribution in [-0.2, 0) is 0 Å². The first-order valence-electron chi connectivity index (χ1n) is 6.14. The molecular weight excluding hydrogens is 268 g/mol. The van der Waals surface area contributed by atoms with Crippen molar-refractivity contribution in [2.75, 3.05) is 0 Å². The highest BCUT2D eigenvalue weighted by atomic mass is 32.1. The molecule has 0 unspecified atom stereocenters. The van der Waals surface area contributed by atoms with Gasteiger partial charge < -0.3 is 4.98 Å². The molecule has 4 nitrogen and oxygen atoms in total. The zero-order valence-electron chi connectivity index (χ0n) is 10.6. The fourth-order valence-corrected chi connectivity index (χ4v) is 2.02. The number of hydrogen-bond acceptors (Lipinski definition) is 3. The Morgan fingerprint density at radius 3 is 2.60 bits per heavy atom. The maximum absolute atomic E-state index is 5.27. The van der Waals surface area contributed by atoms with Gasteiger partial charge >= 0.3 is 0 Å². The second kappa shape index (κ2) is 5.63. The molecule has 0 bridgehead atoms. The standard InChI is InChI=1S/C15H12N4S/c20-15-18-14(13-4-2-1-3-5-13)11-19(15)17-10-12-6-8-16-9-7-12/h1-11H,(H,18,20)/b17-10+. The van der Waals surface area contributed by atoms with E-state index in [1.54, 1.807) is 23.3 Å². The summed E-state index contributed by atoms with van der Waals surface area (Å²) in [6, 6.07) is 13.8. The van der Waals surface area contributed by atoms with Crippen LogP contribution in [-0.4, -0.2) is 20.9 Å². The van der Waals surface area contributed by atoms with E-state index >= 15 is 0 Å². The second-order valence-corrected chi connectivity index (χ2v) is 4.60. The van der Waals surface area contributed by atoms with Gasteiger partial charge in [0.05, 0.1) is 18.1 Å². The van der Waals surface area contributed by atoms with Gasteiger partial charge in [-0.1, -0.05) is 30.3 Å². The van der Waals surface area contributed by atoms with Gasteiger partial charge in [-0.2, -0.15) is 5.10 Å². The van der Waals surface area contributed by atoms with E-state index in [1.165, 1.54) is 0 Å². The number of aromatic amines is 1. The number of nitrogens with zero attached hydrogens (tertiary/aromatic N) is 3. The number of hydrogen-bond donors (Lipinski definition) is 1. The van der Waals surface area contributed by atoms with E-state index in [9.17, 15) is 0 Å². The summed E-state index contributed by atoms with van der Waals surface area (Å²) in [6.45, 7) is 0. The number of nitrogens with one attached hydrogen (secondary N) is 1. The summed E-state index contributed by atoms with van der Waals surface area (Å²) in [5, 5.41) is 4.35. The topological polar surface area (TPSA) is 46.0 Å². The molecule has 0 aliphatic heterocycles. The van der Waals surface area contributed by atoms with Crippen molar-refractivity contribution in [1.82, 2.24) is 14.6 Å². The molecule has 20 heavy (non-hydrogen) atoms. The SMILES string of the molecule is S=c1[nH]c(-c2ccccc2)cn1/N=C/c1ccncc1. The monoisotopic (exact) mass is 280 g/mol. The van der Waals surface area contributed by atoms with Gasteiger partial charge in [-0.15, -0.1) is 0 Å². The highest BCUT2D eigenvalue weighted by Gasteiger charge is 2.01. The summed E-state index contributed by atoms with van der Waals surface area (Å²) in [7, 11) is 0. The molecule has 0 aliphatic rings. The van der Waals surface area contributed by atoms with Crippen LogP contribution in [0, 0.1) is 4.77 Å². The summed E-state index contributed by atoms with van der Waals surface area (Å²) >= 11 is 5.27. The molecule has 1 N–H and O–H groups in total. The van der Waals surface area contributed by atoms with Gasteiger partial charge in [0.25, 0.3) is 0 Å². The number of imidazole rings is 1. The molecule has 0 amide bonds. The third-order valence-corrected chi connectivity index (χ3v) is 3.11. The van der Waals surface area contributed by atoms with Crippen LogP contribution in [0.5, 0.6) is 0 Å². The second-order valence-electron chi connectivity index (χ2n) is 4.21. The van der Waals surface area contributed by atoms with Crippen molar-refractivity contribution in [2.24, 2.45) is 5.10 Å². The average Bonchev–Trinajstić information content (AvgIpc) is 2.88. The van der Waals surface area contributed by atoms with Gasteiger partial charge in [0.15, 0.2) is 4.77 Å². The predicted molar refractivity (Wildman–Crippen MR) is 82.3 cm³/mol. The number of H-pyrrole nitrogens is 1. The summed E-state index contributed by atoms with van der Waals surface area (Å²) in [6.07, 6.45) is 7.09. The lowest BCUT2D eigenvalue weighted by Gasteiger charge is -1.94. The van der Waals surface area contributed by atoms with E-state index in [1.807, 2.05) is 48.7 Å². The summed E-state index contributed by atoms with van der Waals surface area (Å²) in [4.78, 5) is 7.12. The molecular formula is C15H12N4S. The van der Waals surface area contributed by atoms with E-state index in [-0.39, 0.29) is 0 Å². The molecule has 0 saturated carbocycles. The molecule has 5 heteroatoms. The van der Waals surface area contributed by atoms with Crippen LogP contribution in [0.3, 0.4) is 0 Å². The molecule has 2 aromatic heterocycles. The Balaban J connectivity index is 1.91. The lowest BCUT2D eigenvalue weighted by atomic mass is 10.2. The number of aromatic nitrogens is 3. The summed E-state index contributed by atoms with van der Waals surface area (Å²) in [5.74, 6) is 0. The Labute approximate surface area is 121 Å². The van der Waals surface area contributed by atoms with Crippen molar-refractivity contribution in [3.05, 3.63) is 71.4 Å². The predicted octanol–water partition coefficient (Wildman–Crippen LogP) is 3.49. The molecule has 0 aliphatic carbocycles. The van der Waals surface area contributed by atoms with Crippen LogP contribution >= 0.6 is 12.2 Å². The zero-order chi connectivity index (χ0) is 13.8. The van der Waals surface area contributed by atoms with Crippen LogP contribution in [0.15, 0.2) is 66.2 Å². The van der Waals surface area contributed by atoms with E-state index in [4.69, 9.17) is 12.2 Å². The fraction of sp³-hybridized carbons (Fsp3) is 0. The van der Waals surface area contributed by atoms with E-state index in [0.29, 0.717) is 4.77 Å². The minimum atomic E-state index is 0.564. The molecule has 2 heterocycles. The molecule has 0 atom stereocenters. The molecule has 0 spiro atoms.